The van der Waals surface area contributed by atoms with Crippen LogP contribution in [0.15, 0.2) is 94.7 Å². The fourth-order valence-corrected chi connectivity index (χ4v) is 4.64. The number of benzene rings is 4. The molecule has 0 bridgehead atoms. The number of carbonyl (C=O) groups is 1. The smallest absolute Gasteiger partial charge is 0.454 e. The van der Waals surface area contributed by atoms with Crippen molar-refractivity contribution in [3.05, 3.63) is 95.0 Å². The molecule has 11 nitrogen and oxygen atoms in total. The minimum absolute atomic E-state index is 0. The predicted molar refractivity (Wildman–Crippen MR) is 148 cm³/mol. The molecule has 0 aromatic heterocycles. The third kappa shape index (κ3) is 8.58. The van der Waals surface area contributed by atoms with Crippen LogP contribution in [0.5, 0.6) is 23.0 Å². The van der Waals surface area contributed by atoms with Gasteiger partial charge in [-0.25, -0.2) is 4.79 Å². The normalized spacial score (nSPS) is 11.2. The molecule has 0 aliphatic rings. The summed E-state index contributed by atoms with van der Waals surface area (Å²) >= 11 is 12.3. The van der Waals surface area contributed by atoms with Gasteiger partial charge in [-0.05, 0) is 60.7 Å². The molecule has 0 saturated heterocycles. The number of amides is 2. The summed E-state index contributed by atoms with van der Waals surface area (Å²) in [4.78, 5) is 11.9. The van der Waals surface area contributed by atoms with Gasteiger partial charge in [-0.2, -0.15) is 16.8 Å². The number of ether oxygens (including phenoxy) is 2. The first-order valence-electron chi connectivity index (χ1n) is 11.0. The Hall–Kier alpha value is -2.85. The summed E-state index contributed by atoms with van der Waals surface area (Å²) in [6.07, 6.45) is 0. The number of anilines is 2. The maximum Gasteiger partial charge on any atom is 1.00 e. The zero-order chi connectivity index (χ0) is 29.1. The van der Waals surface area contributed by atoms with Crippen molar-refractivity contribution in [2.24, 2.45) is 0 Å². The Morgan fingerprint density at radius 2 is 0.976 bits per heavy atom. The first-order chi connectivity index (χ1) is 18.8. The van der Waals surface area contributed by atoms with E-state index in [0.29, 0.717) is 0 Å². The van der Waals surface area contributed by atoms with Gasteiger partial charge in [-0.15, -0.1) is 0 Å². The maximum absolute atomic E-state index is 13.0. The SMILES string of the molecule is O=C(Nc1cc(S(=O)(=O)O)ccc1Oc1ccccc1Cl)Nc1cc(S(=O)(=O)O)ccc1Oc1ccccc1Cl.[Na+]. The quantitative estimate of drug-likeness (QED) is 0.164. The summed E-state index contributed by atoms with van der Waals surface area (Å²) in [6, 6.07) is 18.1. The largest absolute Gasteiger partial charge is 1.00 e. The van der Waals surface area contributed by atoms with E-state index < -0.39 is 36.1 Å². The van der Waals surface area contributed by atoms with Crippen molar-refractivity contribution in [1.82, 2.24) is 0 Å². The Labute approximate surface area is 267 Å². The second kappa shape index (κ2) is 13.4. The number of urea groups is 1. The number of nitrogens with one attached hydrogen (secondary N) is 2. The molecule has 208 valence electrons. The number of rotatable bonds is 8. The summed E-state index contributed by atoms with van der Waals surface area (Å²) in [7, 11) is -9.33. The average Bonchev–Trinajstić information content (AvgIpc) is 2.87. The van der Waals surface area contributed by atoms with E-state index in [1.165, 1.54) is 24.3 Å². The van der Waals surface area contributed by atoms with Gasteiger partial charge in [0.25, 0.3) is 20.2 Å². The third-order valence-corrected chi connectivity index (χ3v) is 7.43. The Kier molecular flexibility index (Phi) is 10.7. The molecule has 0 heterocycles. The first kappa shape index (κ1) is 32.7. The molecule has 4 rings (SSSR count). The molecule has 41 heavy (non-hydrogen) atoms. The first-order valence-corrected chi connectivity index (χ1v) is 14.6. The van der Waals surface area contributed by atoms with E-state index in [2.05, 4.69) is 10.6 Å². The minimum atomic E-state index is -4.67. The van der Waals surface area contributed by atoms with Gasteiger partial charge in [-0.1, -0.05) is 47.5 Å². The monoisotopic (exact) mass is 647 g/mol. The van der Waals surface area contributed by atoms with Crippen molar-refractivity contribution in [3.63, 3.8) is 0 Å². The van der Waals surface area contributed by atoms with Crippen LogP contribution in [0.1, 0.15) is 0 Å². The van der Waals surface area contributed by atoms with Crippen LogP contribution in [0.3, 0.4) is 0 Å². The number of hydrogen-bond donors (Lipinski definition) is 4. The van der Waals surface area contributed by atoms with Gasteiger partial charge in [0, 0.05) is 0 Å². The van der Waals surface area contributed by atoms with Crippen molar-refractivity contribution in [1.29, 1.82) is 0 Å². The number of para-hydroxylation sites is 2. The van der Waals surface area contributed by atoms with E-state index in [4.69, 9.17) is 32.7 Å². The fourth-order valence-electron chi connectivity index (χ4n) is 3.28. The molecule has 4 aromatic carbocycles. The molecule has 4 N–H and O–H groups in total. The van der Waals surface area contributed by atoms with Crippen LogP contribution in [-0.2, 0) is 20.2 Å². The number of carbonyl (C=O) groups excluding carboxylic acids is 1. The standard InChI is InChI=1S/C25H18Cl2N2O9S2.Na/c26-17-5-1-3-7-21(17)37-23-11-9-15(39(31,32)33)13-19(23)28-25(30)29-20-14-16(40(34,35)36)10-12-24(20)38-22-8-4-2-6-18(22)27;/h1-14H,(H2,28,29,30)(H,31,32,33)(H,34,35,36);/q;+1. The molecule has 0 fully saturated rings. The van der Waals surface area contributed by atoms with E-state index in [1.807, 2.05) is 0 Å². The molecular formula is C25H18Cl2N2NaO9S2+. The molecule has 0 unspecified atom stereocenters. The Morgan fingerprint density at radius 3 is 1.32 bits per heavy atom. The van der Waals surface area contributed by atoms with Gasteiger partial charge in [0.2, 0.25) is 0 Å². The summed E-state index contributed by atoms with van der Waals surface area (Å²) in [6.45, 7) is 0. The second-order valence-electron chi connectivity index (χ2n) is 7.91. The van der Waals surface area contributed by atoms with Crippen molar-refractivity contribution in [2.75, 3.05) is 10.6 Å². The molecule has 2 amide bonds. The van der Waals surface area contributed by atoms with Crippen LogP contribution in [-0.4, -0.2) is 32.0 Å². The maximum atomic E-state index is 13.0. The summed E-state index contributed by atoms with van der Waals surface area (Å²) in [5.74, 6) is 0.275. The molecule has 0 saturated carbocycles. The van der Waals surface area contributed by atoms with Gasteiger partial charge in [0.1, 0.15) is 11.5 Å². The average molecular weight is 648 g/mol. The van der Waals surface area contributed by atoms with Gasteiger partial charge < -0.3 is 20.1 Å². The zero-order valence-corrected chi connectivity index (χ0v) is 26.1. The minimum Gasteiger partial charge on any atom is -0.454 e. The van der Waals surface area contributed by atoms with Crippen LogP contribution in [0, 0.1) is 0 Å². The fraction of sp³-hybridized carbons (Fsp3) is 0. The van der Waals surface area contributed by atoms with Gasteiger partial charge in [-0.3, -0.25) is 9.11 Å². The van der Waals surface area contributed by atoms with E-state index in [9.17, 15) is 30.7 Å². The molecule has 0 aliphatic carbocycles. The molecule has 0 spiro atoms. The zero-order valence-electron chi connectivity index (χ0n) is 20.9. The topological polar surface area (TPSA) is 168 Å². The van der Waals surface area contributed by atoms with Gasteiger partial charge in [0.05, 0.1) is 31.2 Å². The number of halogens is 2. The van der Waals surface area contributed by atoms with Crippen molar-refractivity contribution in [2.45, 2.75) is 9.79 Å². The molecular weight excluding hydrogens is 630 g/mol. The van der Waals surface area contributed by atoms with E-state index >= 15 is 0 Å². The molecule has 0 aliphatic heterocycles. The predicted octanol–water partition coefficient (Wildman–Crippen LogP) is 3.72. The summed E-state index contributed by atoms with van der Waals surface area (Å²) in [5, 5.41) is 5.21. The van der Waals surface area contributed by atoms with E-state index in [0.717, 1.165) is 24.3 Å². The van der Waals surface area contributed by atoms with Crippen LogP contribution >= 0.6 is 23.2 Å². The van der Waals surface area contributed by atoms with Crippen molar-refractivity contribution < 1.29 is 69.8 Å². The summed E-state index contributed by atoms with van der Waals surface area (Å²) in [5.41, 5.74) is -0.404. The second-order valence-corrected chi connectivity index (χ2v) is 11.6. The van der Waals surface area contributed by atoms with Crippen LogP contribution in [0.2, 0.25) is 10.0 Å². The molecule has 4 aromatic rings. The Bertz CT molecular complexity index is 1690. The molecule has 0 radical (unpaired) electrons. The molecule has 16 heteroatoms. The Balaban J connectivity index is 0.00000462. The van der Waals surface area contributed by atoms with Gasteiger partial charge in [0.15, 0.2) is 11.5 Å². The van der Waals surface area contributed by atoms with Crippen LogP contribution in [0.4, 0.5) is 16.2 Å². The van der Waals surface area contributed by atoms with Crippen molar-refractivity contribution in [3.8, 4) is 23.0 Å². The van der Waals surface area contributed by atoms with Crippen LogP contribution in [0.25, 0.3) is 0 Å². The van der Waals surface area contributed by atoms with Crippen molar-refractivity contribution >= 4 is 60.8 Å². The van der Waals surface area contributed by atoms with E-state index in [-0.39, 0.29) is 74.0 Å². The Morgan fingerprint density at radius 1 is 0.610 bits per heavy atom. The summed E-state index contributed by atoms with van der Waals surface area (Å²) < 4.78 is 77.3. The van der Waals surface area contributed by atoms with Crippen LogP contribution < -0.4 is 49.7 Å². The third-order valence-electron chi connectivity index (χ3n) is 5.11. The number of hydrogen-bond acceptors (Lipinski definition) is 7. The molecule has 0 atom stereocenters. The van der Waals surface area contributed by atoms with E-state index in [1.54, 1.807) is 36.4 Å². The van der Waals surface area contributed by atoms with Gasteiger partial charge >= 0.3 is 35.6 Å².